The van der Waals surface area contributed by atoms with Gasteiger partial charge in [-0.1, -0.05) is 6.92 Å². The van der Waals surface area contributed by atoms with Gasteiger partial charge in [0.05, 0.1) is 6.61 Å². The second-order valence-electron chi connectivity index (χ2n) is 3.11. The average Bonchev–Trinajstić information content (AvgIpc) is 2.26. The van der Waals surface area contributed by atoms with Gasteiger partial charge in [-0.05, 0) is 24.0 Å². The summed E-state index contributed by atoms with van der Waals surface area (Å²) in [6.07, 6.45) is 0. The SMILES string of the molecule is CCSCCOc1ccc(N)cc1C(=O)O. The van der Waals surface area contributed by atoms with Gasteiger partial charge >= 0.3 is 5.97 Å². The van der Waals surface area contributed by atoms with E-state index in [4.69, 9.17) is 15.6 Å². The third-order valence-electron chi connectivity index (χ3n) is 1.92. The fourth-order valence-electron chi connectivity index (χ4n) is 1.20. The first-order chi connectivity index (χ1) is 7.65. The molecule has 0 saturated heterocycles. The Morgan fingerprint density at radius 3 is 2.94 bits per heavy atom. The molecule has 88 valence electrons. The molecular formula is C11H15NO3S. The molecule has 5 heteroatoms. The van der Waals surface area contributed by atoms with E-state index in [0.717, 1.165) is 11.5 Å². The van der Waals surface area contributed by atoms with Crippen molar-refractivity contribution < 1.29 is 14.6 Å². The van der Waals surface area contributed by atoms with Crippen LogP contribution in [0, 0.1) is 0 Å². The monoisotopic (exact) mass is 241 g/mol. The quantitative estimate of drug-likeness (QED) is 0.589. The molecule has 0 amide bonds. The second kappa shape index (κ2) is 6.27. The molecule has 0 radical (unpaired) electrons. The summed E-state index contributed by atoms with van der Waals surface area (Å²) in [5, 5.41) is 8.95. The maximum absolute atomic E-state index is 10.9. The van der Waals surface area contributed by atoms with E-state index in [1.807, 2.05) is 0 Å². The van der Waals surface area contributed by atoms with Gasteiger partial charge in [0, 0.05) is 11.4 Å². The first-order valence-corrected chi connectivity index (χ1v) is 6.14. The van der Waals surface area contributed by atoms with Gasteiger partial charge in [-0.3, -0.25) is 0 Å². The lowest BCUT2D eigenvalue weighted by Crippen LogP contribution is -2.06. The summed E-state index contributed by atoms with van der Waals surface area (Å²) in [7, 11) is 0. The largest absolute Gasteiger partial charge is 0.492 e. The van der Waals surface area contributed by atoms with Crippen molar-refractivity contribution in [2.45, 2.75) is 6.92 Å². The van der Waals surface area contributed by atoms with Crippen LogP contribution in [0.15, 0.2) is 18.2 Å². The molecule has 0 aromatic heterocycles. The van der Waals surface area contributed by atoms with Gasteiger partial charge in [-0.25, -0.2) is 4.79 Å². The van der Waals surface area contributed by atoms with E-state index < -0.39 is 5.97 Å². The number of aromatic carboxylic acids is 1. The zero-order chi connectivity index (χ0) is 12.0. The number of ether oxygens (including phenoxy) is 1. The highest BCUT2D eigenvalue weighted by molar-refractivity contribution is 7.99. The standard InChI is InChI=1S/C11H15NO3S/c1-2-16-6-5-15-10-4-3-8(12)7-9(10)11(13)14/h3-4,7H,2,5-6,12H2,1H3,(H,13,14). The molecule has 1 aromatic carbocycles. The molecule has 4 nitrogen and oxygen atoms in total. The molecule has 0 aliphatic carbocycles. The molecular weight excluding hydrogens is 226 g/mol. The summed E-state index contributed by atoms with van der Waals surface area (Å²) in [6, 6.07) is 4.63. The van der Waals surface area contributed by atoms with E-state index in [1.165, 1.54) is 6.07 Å². The summed E-state index contributed by atoms with van der Waals surface area (Å²) in [4.78, 5) is 10.9. The van der Waals surface area contributed by atoms with Crippen LogP contribution >= 0.6 is 11.8 Å². The van der Waals surface area contributed by atoms with Crippen molar-refractivity contribution in [3.05, 3.63) is 23.8 Å². The molecule has 0 atom stereocenters. The minimum atomic E-state index is -1.02. The predicted octanol–water partition coefficient (Wildman–Crippen LogP) is 2.10. The van der Waals surface area contributed by atoms with E-state index in [0.29, 0.717) is 18.0 Å². The maximum Gasteiger partial charge on any atom is 0.339 e. The molecule has 0 aliphatic heterocycles. The first-order valence-electron chi connectivity index (χ1n) is 4.98. The van der Waals surface area contributed by atoms with Gasteiger partial charge in [-0.15, -0.1) is 0 Å². The Hall–Kier alpha value is -1.36. The van der Waals surface area contributed by atoms with Crippen LogP contribution in [0.3, 0.4) is 0 Å². The van der Waals surface area contributed by atoms with Crippen LogP contribution in [-0.4, -0.2) is 29.2 Å². The van der Waals surface area contributed by atoms with Crippen molar-refractivity contribution in [2.24, 2.45) is 0 Å². The number of nitrogens with two attached hydrogens (primary N) is 1. The number of hydrogen-bond donors (Lipinski definition) is 2. The van der Waals surface area contributed by atoms with Crippen LogP contribution < -0.4 is 10.5 Å². The van der Waals surface area contributed by atoms with Crippen molar-refractivity contribution in [3.8, 4) is 5.75 Å². The third kappa shape index (κ3) is 3.66. The van der Waals surface area contributed by atoms with E-state index in [2.05, 4.69) is 6.92 Å². The van der Waals surface area contributed by atoms with Crippen molar-refractivity contribution in [1.82, 2.24) is 0 Å². The molecule has 0 heterocycles. The molecule has 3 N–H and O–H groups in total. The third-order valence-corrected chi connectivity index (χ3v) is 2.79. The number of anilines is 1. The van der Waals surface area contributed by atoms with Gasteiger partial charge in [0.1, 0.15) is 11.3 Å². The molecule has 1 aromatic rings. The van der Waals surface area contributed by atoms with E-state index in [-0.39, 0.29) is 5.56 Å². The predicted molar refractivity (Wildman–Crippen MR) is 66.3 cm³/mol. The smallest absolute Gasteiger partial charge is 0.339 e. The summed E-state index contributed by atoms with van der Waals surface area (Å²) < 4.78 is 5.40. The molecule has 0 fully saturated rings. The van der Waals surface area contributed by atoms with Crippen LogP contribution in [0.5, 0.6) is 5.75 Å². The number of thioether (sulfide) groups is 1. The zero-order valence-corrected chi connectivity index (χ0v) is 9.92. The fraction of sp³-hybridized carbons (Fsp3) is 0.364. The average molecular weight is 241 g/mol. The molecule has 0 saturated carbocycles. The number of hydrogen-bond acceptors (Lipinski definition) is 4. The Morgan fingerprint density at radius 1 is 1.56 bits per heavy atom. The van der Waals surface area contributed by atoms with Crippen LogP contribution in [0.2, 0.25) is 0 Å². The zero-order valence-electron chi connectivity index (χ0n) is 9.10. The second-order valence-corrected chi connectivity index (χ2v) is 4.50. The normalized spacial score (nSPS) is 10.1. The highest BCUT2D eigenvalue weighted by atomic mass is 32.2. The number of benzene rings is 1. The fourth-order valence-corrected chi connectivity index (χ4v) is 1.69. The summed E-state index contributed by atoms with van der Waals surface area (Å²) in [5.41, 5.74) is 6.05. The molecule has 16 heavy (non-hydrogen) atoms. The van der Waals surface area contributed by atoms with Crippen LogP contribution in [-0.2, 0) is 0 Å². The van der Waals surface area contributed by atoms with Gasteiger partial charge in [0.25, 0.3) is 0 Å². The summed E-state index contributed by atoms with van der Waals surface area (Å²) >= 11 is 1.75. The minimum absolute atomic E-state index is 0.112. The Balaban J connectivity index is 2.67. The van der Waals surface area contributed by atoms with Crippen molar-refractivity contribution in [2.75, 3.05) is 23.8 Å². The van der Waals surface area contributed by atoms with Crippen LogP contribution in [0.1, 0.15) is 17.3 Å². The lowest BCUT2D eigenvalue weighted by atomic mass is 10.2. The Kier molecular flexibility index (Phi) is 4.98. The number of nitrogen functional groups attached to an aromatic ring is 1. The Morgan fingerprint density at radius 2 is 2.31 bits per heavy atom. The van der Waals surface area contributed by atoms with E-state index in [1.54, 1.807) is 23.9 Å². The molecule has 0 aliphatic rings. The first kappa shape index (κ1) is 12.7. The van der Waals surface area contributed by atoms with Crippen LogP contribution in [0.4, 0.5) is 5.69 Å². The molecule has 0 unspecified atom stereocenters. The maximum atomic E-state index is 10.9. The van der Waals surface area contributed by atoms with Crippen molar-refractivity contribution in [3.63, 3.8) is 0 Å². The number of rotatable bonds is 6. The summed E-state index contributed by atoms with van der Waals surface area (Å²) in [6.45, 7) is 2.57. The van der Waals surface area contributed by atoms with Crippen molar-refractivity contribution >= 4 is 23.4 Å². The molecule has 0 spiro atoms. The van der Waals surface area contributed by atoms with E-state index >= 15 is 0 Å². The summed E-state index contributed by atoms with van der Waals surface area (Å²) in [5.74, 6) is 1.22. The Labute approximate surface area is 98.8 Å². The minimum Gasteiger partial charge on any atom is -0.492 e. The number of carboxylic acids is 1. The highest BCUT2D eigenvalue weighted by Gasteiger charge is 2.11. The van der Waals surface area contributed by atoms with Gasteiger partial charge in [0.2, 0.25) is 0 Å². The number of carboxylic acid groups (broad SMARTS) is 1. The topological polar surface area (TPSA) is 72.5 Å². The number of carbonyl (C=O) groups is 1. The highest BCUT2D eigenvalue weighted by Crippen LogP contribution is 2.21. The Bertz CT molecular complexity index is 368. The van der Waals surface area contributed by atoms with Crippen molar-refractivity contribution in [1.29, 1.82) is 0 Å². The lowest BCUT2D eigenvalue weighted by Gasteiger charge is -2.09. The van der Waals surface area contributed by atoms with Crippen LogP contribution in [0.25, 0.3) is 0 Å². The lowest BCUT2D eigenvalue weighted by molar-refractivity contribution is 0.0692. The molecule has 0 bridgehead atoms. The van der Waals surface area contributed by atoms with Gasteiger partial charge in [-0.2, -0.15) is 11.8 Å². The molecule has 1 rings (SSSR count). The van der Waals surface area contributed by atoms with E-state index in [9.17, 15) is 4.79 Å². The van der Waals surface area contributed by atoms with Gasteiger partial charge < -0.3 is 15.6 Å². The van der Waals surface area contributed by atoms with Gasteiger partial charge in [0.15, 0.2) is 0 Å².